The molecule has 2 N–H and O–H groups in total. The van der Waals surface area contributed by atoms with Crippen molar-refractivity contribution in [2.45, 2.75) is 51.8 Å². The number of nitrogens with two attached hydrogens (primary N) is 1. The fraction of sp³-hybridized carbons (Fsp3) is 1.00. The van der Waals surface area contributed by atoms with Gasteiger partial charge in [0.15, 0.2) is 0 Å². The highest BCUT2D eigenvalue weighted by molar-refractivity contribution is 8.00. The van der Waals surface area contributed by atoms with Gasteiger partial charge in [0.05, 0.1) is 0 Å². The molecule has 0 unspecified atom stereocenters. The first-order chi connectivity index (χ1) is 7.04. The van der Waals surface area contributed by atoms with E-state index < -0.39 is 0 Å². The molecule has 0 spiro atoms. The van der Waals surface area contributed by atoms with Crippen molar-refractivity contribution in [2.24, 2.45) is 11.1 Å². The van der Waals surface area contributed by atoms with Crippen LogP contribution in [0.1, 0.15) is 41.5 Å². The lowest BCUT2D eigenvalue weighted by atomic mass is 9.75. The van der Waals surface area contributed by atoms with Gasteiger partial charge in [-0.1, -0.05) is 13.8 Å². The van der Waals surface area contributed by atoms with Crippen molar-refractivity contribution in [1.82, 2.24) is 4.90 Å². The molecule has 1 rings (SSSR count). The second-order valence-corrected chi connectivity index (χ2v) is 8.73. The smallest absolute Gasteiger partial charge is 0.0231 e. The molecule has 1 aliphatic heterocycles. The molecule has 0 aromatic rings. The van der Waals surface area contributed by atoms with Crippen LogP contribution in [0.15, 0.2) is 0 Å². The molecule has 1 aliphatic rings. The van der Waals surface area contributed by atoms with Crippen molar-refractivity contribution >= 4 is 11.8 Å². The first-order valence-corrected chi connectivity index (χ1v) is 7.17. The highest BCUT2D eigenvalue weighted by Gasteiger charge is 2.37. The van der Waals surface area contributed by atoms with Crippen LogP contribution in [-0.2, 0) is 0 Å². The van der Waals surface area contributed by atoms with E-state index in [1.165, 1.54) is 18.8 Å². The van der Waals surface area contributed by atoms with Crippen LogP contribution in [0.3, 0.4) is 0 Å². The molecular weight excluding hydrogens is 216 g/mol. The molecule has 1 heterocycles. The van der Waals surface area contributed by atoms with Crippen LogP contribution >= 0.6 is 11.8 Å². The Balaban J connectivity index is 2.61. The predicted molar refractivity (Wildman–Crippen MR) is 75.0 cm³/mol. The van der Waals surface area contributed by atoms with E-state index in [1.54, 1.807) is 0 Å². The molecular formula is C13H28N2S. The summed E-state index contributed by atoms with van der Waals surface area (Å²) in [5.41, 5.74) is 6.30. The fourth-order valence-electron chi connectivity index (χ4n) is 2.01. The van der Waals surface area contributed by atoms with Crippen molar-refractivity contribution in [3.05, 3.63) is 0 Å². The van der Waals surface area contributed by atoms with Crippen LogP contribution in [0.5, 0.6) is 0 Å². The zero-order valence-electron chi connectivity index (χ0n) is 11.8. The summed E-state index contributed by atoms with van der Waals surface area (Å²) >= 11 is 2.08. The summed E-state index contributed by atoms with van der Waals surface area (Å²) < 4.78 is 0.396. The summed E-state index contributed by atoms with van der Waals surface area (Å²) in [4.78, 5) is 2.57. The first-order valence-electron chi connectivity index (χ1n) is 6.19. The maximum Gasteiger partial charge on any atom is 0.0231 e. The van der Waals surface area contributed by atoms with E-state index in [1.807, 2.05) is 0 Å². The Hall–Kier alpha value is 0.270. The van der Waals surface area contributed by atoms with Crippen LogP contribution in [0, 0.1) is 5.41 Å². The van der Waals surface area contributed by atoms with Gasteiger partial charge >= 0.3 is 0 Å². The SMILES string of the molecule is CC1(C)CN(CC(C)(C)C(C)(C)N)CCS1. The number of hydrogen-bond acceptors (Lipinski definition) is 3. The number of rotatable bonds is 3. The molecule has 96 valence electrons. The lowest BCUT2D eigenvalue weighted by Crippen LogP contribution is -2.55. The van der Waals surface area contributed by atoms with Crippen molar-refractivity contribution in [3.8, 4) is 0 Å². The minimum atomic E-state index is -0.123. The Morgan fingerprint density at radius 2 is 1.81 bits per heavy atom. The Labute approximate surface area is 105 Å². The van der Waals surface area contributed by atoms with Gasteiger partial charge in [-0.2, -0.15) is 11.8 Å². The molecule has 2 nitrogen and oxygen atoms in total. The average Bonchev–Trinajstić information content (AvgIpc) is 1.98. The summed E-state index contributed by atoms with van der Waals surface area (Å²) in [5.74, 6) is 1.24. The van der Waals surface area contributed by atoms with E-state index in [0.717, 1.165) is 6.54 Å². The minimum absolute atomic E-state index is 0.123. The van der Waals surface area contributed by atoms with Gasteiger partial charge in [-0.3, -0.25) is 0 Å². The van der Waals surface area contributed by atoms with E-state index in [4.69, 9.17) is 5.73 Å². The van der Waals surface area contributed by atoms with E-state index >= 15 is 0 Å². The molecule has 0 bridgehead atoms. The molecule has 0 saturated carbocycles. The lowest BCUT2D eigenvalue weighted by molar-refractivity contribution is 0.110. The topological polar surface area (TPSA) is 29.3 Å². The molecule has 0 radical (unpaired) electrons. The highest BCUT2D eigenvalue weighted by Crippen LogP contribution is 2.34. The Bertz CT molecular complexity index is 241. The largest absolute Gasteiger partial charge is 0.325 e. The molecule has 0 aliphatic carbocycles. The summed E-state index contributed by atoms with van der Waals surface area (Å²) in [6.45, 7) is 17.0. The van der Waals surface area contributed by atoms with Crippen LogP contribution in [-0.4, -0.2) is 40.6 Å². The molecule has 0 aromatic carbocycles. The Kier molecular flexibility index (Phi) is 4.04. The van der Waals surface area contributed by atoms with Gasteiger partial charge in [0.2, 0.25) is 0 Å². The molecule has 0 amide bonds. The standard InChI is InChI=1S/C13H28N2S/c1-11(2,13(5,6)14)9-15-7-8-16-12(3,4)10-15/h7-10,14H2,1-6H3. The fourth-order valence-corrected chi connectivity index (χ4v) is 3.19. The average molecular weight is 244 g/mol. The lowest BCUT2D eigenvalue weighted by Gasteiger charge is -2.46. The zero-order valence-corrected chi connectivity index (χ0v) is 12.6. The summed E-state index contributed by atoms with van der Waals surface area (Å²) in [5, 5.41) is 0. The van der Waals surface area contributed by atoms with Gasteiger partial charge < -0.3 is 10.6 Å². The molecule has 0 aromatic heterocycles. The van der Waals surface area contributed by atoms with Gasteiger partial charge in [0.25, 0.3) is 0 Å². The highest BCUT2D eigenvalue weighted by atomic mass is 32.2. The second-order valence-electron chi connectivity index (χ2n) is 6.92. The summed E-state index contributed by atoms with van der Waals surface area (Å²) in [6.07, 6.45) is 0. The normalized spacial score (nSPS) is 23.4. The van der Waals surface area contributed by atoms with Gasteiger partial charge in [-0.05, 0) is 33.1 Å². The molecule has 16 heavy (non-hydrogen) atoms. The van der Waals surface area contributed by atoms with E-state index in [0.29, 0.717) is 4.75 Å². The van der Waals surface area contributed by atoms with Crippen LogP contribution in [0.2, 0.25) is 0 Å². The second kappa shape index (κ2) is 4.51. The van der Waals surface area contributed by atoms with Gasteiger partial charge in [0.1, 0.15) is 0 Å². The van der Waals surface area contributed by atoms with Crippen molar-refractivity contribution < 1.29 is 0 Å². The van der Waals surface area contributed by atoms with Crippen LogP contribution in [0.4, 0.5) is 0 Å². The van der Waals surface area contributed by atoms with Crippen molar-refractivity contribution in [3.63, 3.8) is 0 Å². The minimum Gasteiger partial charge on any atom is -0.325 e. The Morgan fingerprint density at radius 1 is 1.25 bits per heavy atom. The third kappa shape index (κ3) is 3.64. The van der Waals surface area contributed by atoms with Crippen LogP contribution in [0.25, 0.3) is 0 Å². The van der Waals surface area contributed by atoms with E-state index in [-0.39, 0.29) is 11.0 Å². The number of nitrogens with zero attached hydrogens (tertiary/aromatic N) is 1. The quantitative estimate of drug-likeness (QED) is 0.827. The first kappa shape index (κ1) is 14.3. The molecule has 1 saturated heterocycles. The summed E-state index contributed by atoms with van der Waals surface area (Å²) in [7, 11) is 0. The molecule has 0 atom stereocenters. The predicted octanol–water partition coefficient (Wildman–Crippen LogP) is 2.58. The Morgan fingerprint density at radius 3 is 2.25 bits per heavy atom. The van der Waals surface area contributed by atoms with E-state index in [2.05, 4.69) is 58.2 Å². The van der Waals surface area contributed by atoms with Gasteiger partial charge in [-0.15, -0.1) is 0 Å². The number of hydrogen-bond donors (Lipinski definition) is 1. The maximum absolute atomic E-state index is 6.27. The van der Waals surface area contributed by atoms with Gasteiger partial charge in [0, 0.05) is 35.7 Å². The third-order valence-electron chi connectivity index (χ3n) is 3.87. The molecule has 3 heteroatoms. The number of thioether (sulfide) groups is 1. The summed E-state index contributed by atoms with van der Waals surface area (Å²) in [6, 6.07) is 0. The van der Waals surface area contributed by atoms with Crippen LogP contribution < -0.4 is 5.73 Å². The van der Waals surface area contributed by atoms with Crippen molar-refractivity contribution in [2.75, 3.05) is 25.4 Å². The third-order valence-corrected chi connectivity index (χ3v) is 5.17. The van der Waals surface area contributed by atoms with E-state index in [9.17, 15) is 0 Å². The van der Waals surface area contributed by atoms with Crippen molar-refractivity contribution in [1.29, 1.82) is 0 Å². The monoisotopic (exact) mass is 244 g/mol. The van der Waals surface area contributed by atoms with Gasteiger partial charge in [-0.25, -0.2) is 0 Å². The zero-order chi connectivity index (χ0) is 12.6. The maximum atomic E-state index is 6.27. The molecule has 1 fully saturated rings.